The average molecular weight is 299 g/mol. The predicted molar refractivity (Wildman–Crippen MR) is 79.3 cm³/mol. The maximum Gasteiger partial charge on any atom is 0.0963 e. The molecule has 5 nitrogen and oxygen atoms in total. The highest BCUT2D eigenvalue weighted by molar-refractivity contribution is 4.94. The third-order valence-corrected chi connectivity index (χ3v) is 5.18. The summed E-state index contributed by atoms with van der Waals surface area (Å²) < 4.78 is 17.3. The number of aliphatic hydroxyl groups excluding tert-OH is 1. The van der Waals surface area contributed by atoms with Crippen molar-refractivity contribution in [3.8, 4) is 0 Å². The smallest absolute Gasteiger partial charge is 0.0963 e. The van der Waals surface area contributed by atoms with E-state index in [1.54, 1.807) is 0 Å². The van der Waals surface area contributed by atoms with Gasteiger partial charge in [0.25, 0.3) is 0 Å². The molecule has 0 aliphatic carbocycles. The van der Waals surface area contributed by atoms with Gasteiger partial charge in [0.2, 0.25) is 0 Å². The van der Waals surface area contributed by atoms with Crippen molar-refractivity contribution in [3.63, 3.8) is 0 Å². The fourth-order valence-corrected chi connectivity index (χ4v) is 3.98. The summed E-state index contributed by atoms with van der Waals surface area (Å²) in [7, 11) is 0. The number of hydrogen-bond acceptors (Lipinski definition) is 5. The third-order valence-electron chi connectivity index (χ3n) is 5.18. The van der Waals surface area contributed by atoms with Crippen LogP contribution in [0.5, 0.6) is 0 Å². The standard InChI is InChI=1S/C16H29NO4/c1-2-5-17-6-9-20-14(11-17)15(18)13-3-7-21-16(10-13)4-8-19-12-16/h13-15,18H,2-12H2,1H3. The van der Waals surface area contributed by atoms with Crippen LogP contribution in [0.25, 0.3) is 0 Å². The van der Waals surface area contributed by atoms with E-state index in [2.05, 4.69) is 11.8 Å². The van der Waals surface area contributed by atoms with Gasteiger partial charge in [-0.3, -0.25) is 4.90 Å². The molecule has 0 bridgehead atoms. The van der Waals surface area contributed by atoms with Gasteiger partial charge in [-0.1, -0.05) is 6.92 Å². The quantitative estimate of drug-likeness (QED) is 0.841. The summed E-state index contributed by atoms with van der Waals surface area (Å²) in [4.78, 5) is 2.41. The number of morpholine rings is 1. The van der Waals surface area contributed by atoms with Gasteiger partial charge in [0.15, 0.2) is 0 Å². The molecule has 3 aliphatic rings. The molecule has 4 unspecified atom stereocenters. The molecule has 5 heteroatoms. The van der Waals surface area contributed by atoms with Crippen molar-refractivity contribution < 1.29 is 19.3 Å². The van der Waals surface area contributed by atoms with Crippen LogP contribution in [-0.4, -0.2) is 73.9 Å². The number of ether oxygens (including phenoxy) is 3. The van der Waals surface area contributed by atoms with Gasteiger partial charge in [-0.05, 0) is 31.7 Å². The number of rotatable bonds is 4. The van der Waals surface area contributed by atoms with Crippen LogP contribution in [-0.2, 0) is 14.2 Å². The van der Waals surface area contributed by atoms with Crippen molar-refractivity contribution in [2.45, 2.75) is 50.4 Å². The summed E-state index contributed by atoms with van der Waals surface area (Å²) in [6.45, 7) is 8.08. The van der Waals surface area contributed by atoms with E-state index in [-0.39, 0.29) is 23.7 Å². The highest BCUT2D eigenvalue weighted by Gasteiger charge is 2.44. The molecule has 0 saturated carbocycles. The number of aliphatic hydroxyl groups is 1. The second-order valence-corrected chi connectivity index (χ2v) is 6.79. The van der Waals surface area contributed by atoms with Gasteiger partial charge >= 0.3 is 0 Å². The van der Waals surface area contributed by atoms with Crippen LogP contribution in [0.1, 0.15) is 32.6 Å². The highest BCUT2D eigenvalue weighted by atomic mass is 16.6. The summed E-state index contributed by atoms with van der Waals surface area (Å²) in [5, 5.41) is 10.8. The molecule has 4 atom stereocenters. The minimum Gasteiger partial charge on any atom is -0.390 e. The molecule has 3 aliphatic heterocycles. The first-order valence-corrected chi connectivity index (χ1v) is 8.46. The Bertz CT molecular complexity index is 330. The second kappa shape index (κ2) is 6.92. The lowest BCUT2D eigenvalue weighted by atomic mass is 9.80. The zero-order valence-corrected chi connectivity index (χ0v) is 13.1. The van der Waals surface area contributed by atoms with Crippen molar-refractivity contribution in [3.05, 3.63) is 0 Å². The van der Waals surface area contributed by atoms with E-state index < -0.39 is 0 Å². The molecular formula is C16H29NO4. The molecule has 3 saturated heterocycles. The molecule has 1 spiro atoms. The SMILES string of the molecule is CCCN1CCOC(C(O)C2CCOC3(CCOC3)C2)C1. The molecule has 0 aromatic rings. The predicted octanol–water partition coefficient (Wildman–Crippen LogP) is 1.04. The zero-order valence-electron chi connectivity index (χ0n) is 13.1. The summed E-state index contributed by atoms with van der Waals surface area (Å²) in [6, 6.07) is 0. The first-order valence-electron chi connectivity index (χ1n) is 8.46. The van der Waals surface area contributed by atoms with Crippen molar-refractivity contribution in [2.24, 2.45) is 5.92 Å². The molecule has 3 fully saturated rings. The zero-order chi connectivity index (χ0) is 14.7. The van der Waals surface area contributed by atoms with Crippen LogP contribution in [0, 0.1) is 5.92 Å². The highest BCUT2D eigenvalue weighted by Crippen LogP contribution is 2.38. The Balaban J connectivity index is 1.57. The van der Waals surface area contributed by atoms with Crippen molar-refractivity contribution in [1.82, 2.24) is 4.90 Å². The van der Waals surface area contributed by atoms with Crippen molar-refractivity contribution in [1.29, 1.82) is 0 Å². The molecule has 0 aromatic heterocycles. The Labute approximate surface area is 127 Å². The topological polar surface area (TPSA) is 51.2 Å². The number of hydrogen-bond donors (Lipinski definition) is 1. The van der Waals surface area contributed by atoms with Crippen LogP contribution in [0.15, 0.2) is 0 Å². The van der Waals surface area contributed by atoms with Gasteiger partial charge in [0.05, 0.1) is 31.0 Å². The average Bonchev–Trinajstić information content (AvgIpc) is 2.95. The van der Waals surface area contributed by atoms with Crippen LogP contribution < -0.4 is 0 Å². The largest absolute Gasteiger partial charge is 0.390 e. The Morgan fingerprint density at radius 2 is 2.24 bits per heavy atom. The molecular weight excluding hydrogens is 270 g/mol. The van der Waals surface area contributed by atoms with Crippen LogP contribution >= 0.6 is 0 Å². The van der Waals surface area contributed by atoms with Gasteiger partial charge in [-0.25, -0.2) is 0 Å². The lowest BCUT2D eigenvalue weighted by Crippen LogP contribution is -2.52. The Morgan fingerprint density at radius 3 is 3.00 bits per heavy atom. The van der Waals surface area contributed by atoms with Gasteiger partial charge in [0, 0.05) is 32.7 Å². The van der Waals surface area contributed by atoms with E-state index in [0.29, 0.717) is 6.61 Å². The lowest BCUT2D eigenvalue weighted by Gasteiger charge is -2.42. The van der Waals surface area contributed by atoms with Gasteiger partial charge in [-0.15, -0.1) is 0 Å². The molecule has 0 aromatic carbocycles. The summed E-state index contributed by atoms with van der Waals surface area (Å²) in [5.41, 5.74) is -0.137. The van der Waals surface area contributed by atoms with E-state index in [4.69, 9.17) is 14.2 Å². The molecule has 1 N–H and O–H groups in total. The first-order chi connectivity index (χ1) is 10.2. The first kappa shape index (κ1) is 15.7. The Kier molecular flexibility index (Phi) is 5.17. The minimum atomic E-state index is -0.383. The summed E-state index contributed by atoms with van der Waals surface area (Å²) in [6.07, 6.45) is 3.52. The minimum absolute atomic E-state index is 0.0484. The molecule has 3 rings (SSSR count). The summed E-state index contributed by atoms with van der Waals surface area (Å²) in [5.74, 6) is 0.270. The fourth-order valence-electron chi connectivity index (χ4n) is 3.98. The molecule has 0 amide bonds. The monoisotopic (exact) mass is 299 g/mol. The van der Waals surface area contributed by atoms with Crippen molar-refractivity contribution in [2.75, 3.05) is 46.1 Å². The van der Waals surface area contributed by atoms with Crippen LogP contribution in [0.3, 0.4) is 0 Å². The van der Waals surface area contributed by atoms with E-state index in [9.17, 15) is 5.11 Å². The second-order valence-electron chi connectivity index (χ2n) is 6.79. The summed E-state index contributed by atoms with van der Waals surface area (Å²) >= 11 is 0. The van der Waals surface area contributed by atoms with Gasteiger partial charge in [-0.2, -0.15) is 0 Å². The van der Waals surface area contributed by atoms with E-state index >= 15 is 0 Å². The van der Waals surface area contributed by atoms with Gasteiger partial charge in [0.1, 0.15) is 0 Å². The lowest BCUT2D eigenvalue weighted by molar-refractivity contribution is -0.152. The molecule has 3 heterocycles. The maximum absolute atomic E-state index is 10.8. The Morgan fingerprint density at radius 1 is 1.33 bits per heavy atom. The third kappa shape index (κ3) is 3.59. The molecule has 0 radical (unpaired) electrons. The van der Waals surface area contributed by atoms with Crippen molar-refractivity contribution >= 4 is 0 Å². The van der Waals surface area contributed by atoms with Crippen LogP contribution in [0.4, 0.5) is 0 Å². The van der Waals surface area contributed by atoms with Crippen LogP contribution in [0.2, 0.25) is 0 Å². The van der Waals surface area contributed by atoms with Gasteiger partial charge < -0.3 is 19.3 Å². The Hall–Kier alpha value is -0.200. The fraction of sp³-hybridized carbons (Fsp3) is 1.00. The van der Waals surface area contributed by atoms with E-state index in [1.807, 2.05) is 0 Å². The number of nitrogens with zero attached hydrogens (tertiary/aromatic N) is 1. The molecule has 122 valence electrons. The normalized spacial score (nSPS) is 39.7. The maximum atomic E-state index is 10.8. The van der Waals surface area contributed by atoms with E-state index in [0.717, 1.165) is 65.1 Å². The molecule has 21 heavy (non-hydrogen) atoms. The van der Waals surface area contributed by atoms with E-state index in [1.165, 1.54) is 0 Å².